The van der Waals surface area contributed by atoms with E-state index >= 15 is 0 Å². The van der Waals surface area contributed by atoms with Crippen molar-refractivity contribution < 1.29 is 9.18 Å². The van der Waals surface area contributed by atoms with Crippen molar-refractivity contribution in [3.05, 3.63) is 70.6 Å². The fourth-order valence-corrected chi connectivity index (χ4v) is 2.43. The molecule has 0 atom stereocenters. The van der Waals surface area contributed by atoms with E-state index in [0.717, 1.165) is 22.7 Å². The molecule has 1 heterocycles. The largest absolute Gasteiger partial charge is 0.319 e. The van der Waals surface area contributed by atoms with Gasteiger partial charge in [-0.15, -0.1) is 0 Å². The SMILES string of the molecule is Cc1cc(C(=O)Nc2ccc(Cl)cc2F)c2ccccc2n1. The van der Waals surface area contributed by atoms with Gasteiger partial charge in [0, 0.05) is 16.1 Å². The lowest BCUT2D eigenvalue weighted by Crippen LogP contribution is -2.14. The van der Waals surface area contributed by atoms with Crippen molar-refractivity contribution in [2.75, 3.05) is 5.32 Å². The first kappa shape index (κ1) is 14.5. The lowest BCUT2D eigenvalue weighted by atomic mass is 10.1. The van der Waals surface area contributed by atoms with Gasteiger partial charge in [-0.25, -0.2) is 4.39 Å². The Bertz CT molecular complexity index is 880. The van der Waals surface area contributed by atoms with Gasteiger partial charge < -0.3 is 5.32 Å². The van der Waals surface area contributed by atoms with Gasteiger partial charge in [-0.3, -0.25) is 9.78 Å². The number of hydrogen-bond donors (Lipinski definition) is 1. The summed E-state index contributed by atoms with van der Waals surface area (Å²) in [5, 5.41) is 3.57. The summed E-state index contributed by atoms with van der Waals surface area (Å²) < 4.78 is 13.8. The summed E-state index contributed by atoms with van der Waals surface area (Å²) in [6.07, 6.45) is 0. The van der Waals surface area contributed by atoms with Crippen LogP contribution in [0, 0.1) is 12.7 Å². The van der Waals surface area contributed by atoms with E-state index < -0.39 is 5.82 Å². The number of nitrogens with zero attached hydrogens (tertiary/aromatic N) is 1. The molecule has 0 bridgehead atoms. The van der Waals surface area contributed by atoms with Gasteiger partial charge in [-0.1, -0.05) is 29.8 Å². The second-order valence-corrected chi connectivity index (χ2v) is 5.34. The summed E-state index contributed by atoms with van der Waals surface area (Å²) in [7, 11) is 0. The van der Waals surface area contributed by atoms with Crippen LogP contribution in [-0.4, -0.2) is 10.9 Å². The second-order valence-electron chi connectivity index (χ2n) is 4.91. The van der Waals surface area contributed by atoms with Crippen LogP contribution in [0.3, 0.4) is 0 Å². The summed E-state index contributed by atoms with van der Waals surface area (Å²) in [6, 6.07) is 13.1. The Hall–Kier alpha value is -2.46. The molecule has 0 aliphatic carbocycles. The van der Waals surface area contributed by atoms with Crippen LogP contribution in [0.2, 0.25) is 5.02 Å². The molecule has 3 rings (SSSR count). The minimum absolute atomic E-state index is 0.0907. The molecule has 0 fully saturated rings. The van der Waals surface area contributed by atoms with Crippen LogP contribution in [0.1, 0.15) is 16.1 Å². The quantitative estimate of drug-likeness (QED) is 0.751. The molecule has 1 amide bonds. The highest BCUT2D eigenvalue weighted by Gasteiger charge is 2.14. The topological polar surface area (TPSA) is 42.0 Å². The third kappa shape index (κ3) is 2.78. The van der Waals surface area contributed by atoms with Crippen molar-refractivity contribution in [1.29, 1.82) is 0 Å². The van der Waals surface area contributed by atoms with Gasteiger partial charge >= 0.3 is 0 Å². The van der Waals surface area contributed by atoms with Crippen LogP contribution >= 0.6 is 11.6 Å². The molecule has 0 unspecified atom stereocenters. The van der Waals surface area contributed by atoms with E-state index in [9.17, 15) is 9.18 Å². The van der Waals surface area contributed by atoms with Crippen LogP contribution in [0.5, 0.6) is 0 Å². The standard InChI is InChI=1S/C17H12ClFN2O/c1-10-8-13(12-4-2-3-5-15(12)20-10)17(22)21-16-7-6-11(18)9-14(16)19/h2-9H,1H3,(H,21,22). The predicted molar refractivity (Wildman–Crippen MR) is 85.8 cm³/mol. The van der Waals surface area contributed by atoms with E-state index in [1.807, 2.05) is 31.2 Å². The number of rotatable bonds is 2. The van der Waals surface area contributed by atoms with Gasteiger partial charge in [-0.05, 0) is 37.3 Å². The smallest absolute Gasteiger partial charge is 0.256 e. The summed E-state index contributed by atoms with van der Waals surface area (Å²) >= 11 is 5.71. The maximum absolute atomic E-state index is 13.8. The van der Waals surface area contributed by atoms with E-state index in [1.165, 1.54) is 12.1 Å². The molecular weight excluding hydrogens is 303 g/mol. The van der Waals surface area contributed by atoms with Crippen molar-refractivity contribution in [3.63, 3.8) is 0 Å². The molecule has 0 radical (unpaired) electrons. The molecule has 110 valence electrons. The number of nitrogens with one attached hydrogen (secondary N) is 1. The Morgan fingerprint density at radius 1 is 1.18 bits per heavy atom. The van der Waals surface area contributed by atoms with E-state index in [1.54, 1.807) is 6.07 Å². The Kier molecular flexibility index (Phi) is 3.77. The highest BCUT2D eigenvalue weighted by atomic mass is 35.5. The second kappa shape index (κ2) is 5.73. The maximum Gasteiger partial charge on any atom is 0.256 e. The molecule has 5 heteroatoms. The number of halogens is 2. The monoisotopic (exact) mass is 314 g/mol. The molecule has 2 aromatic carbocycles. The Balaban J connectivity index is 2.02. The molecular formula is C17H12ClFN2O. The third-order valence-electron chi connectivity index (χ3n) is 3.27. The number of hydrogen-bond acceptors (Lipinski definition) is 2. The normalized spacial score (nSPS) is 10.7. The van der Waals surface area contributed by atoms with Gasteiger partial charge in [0.15, 0.2) is 0 Å². The number of carbonyl (C=O) groups is 1. The van der Waals surface area contributed by atoms with E-state index in [-0.39, 0.29) is 16.6 Å². The summed E-state index contributed by atoms with van der Waals surface area (Å²) in [6.45, 7) is 1.81. The molecule has 3 nitrogen and oxygen atoms in total. The van der Waals surface area contributed by atoms with Crippen molar-refractivity contribution in [2.24, 2.45) is 0 Å². The third-order valence-corrected chi connectivity index (χ3v) is 3.50. The van der Waals surface area contributed by atoms with Crippen molar-refractivity contribution in [1.82, 2.24) is 4.98 Å². The molecule has 0 saturated carbocycles. The number of anilines is 1. The van der Waals surface area contributed by atoms with Crippen LogP contribution < -0.4 is 5.32 Å². The van der Waals surface area contributed by atoms with Gasteiger partial charge in [0.1, 0.15) is 5.82 Å². The average molecular weight is 315 g/mol. The molecule has 0 saturated heterocycles. The van der Waals surface area contributed by atoms with Crippen molar-refractivity contribution in [3.8, 4) is 0 Å². The summed E-state index contributed by atoms with van der Waals surface area (Å²) in [4.78, 5) is 16.9. The van der Waals surface area contributed by atoms with E-state index in [4.69, 9.17) is 11.6 Å². The number of benzene rings is 2. The Morgan fingerprint density at radius 3 is 2.73 bits per heavy atom. The first-order valence-electron chi connectivity index (χ1n) is 6.67. The maximum atomic E-state index is 13.8. The average Bonchev–Trinajstić information content (AvgIpc) is 2.49. The number of aryl methyl sites for hydroxylation is 1. The molecule has 0 aliphatic heterocycles. The van der Waals surface area contributed by atoms with Crippen LogP contribution in [0.15, 0.2) is 48.5 Å². The van der Waals surface area contributed by atoms with Crippen molar-refractivity contribution in [2.45, 2.75) is 6.92 Å². The fourth-order valence-electron chi connectivity index (χ4n) is 2.28. The van der Waals surface area contributed by atoms with Gasteiger partial charge in [0.25, 0.3) is 5.91 Å². The van der Waals surface area contributed by atoms with Gasteiger partial charge in [0.2, 0.25) is 0 Å². The number of pyridine rings is 1. The summed E-state index contributed by atoms with van der Waals surface area (Å²) in [5.41, 5.74) is 2.00. The first-order chi connectivity index (χ1) is 10.5. The zero-order chi connectivity index (χ0) is 15.7. The lowest BCUT2D eigenvalue weighted by molar-refractivity contribution is 0.102. The highest BCUT2D eigenvalue weighted by Crippen LogP contribution is 2.22. The zero-order valence-corrected chi connectivity index (χ0v) is 12.5. The van der Waals surface area contributed by atoms with Gasteiger partial charge in [-0.2, -0.15) is 0 Å². The van der Waals surface area contributed by atoms with E-state index in [2.05, 4.69) is 10.3 Å². The van der Waals surface area contributed by atoms with Gasteiger partial charge in [0.05, 0.1) is 16.8 Å². The van der Waals surface area contributed by atoms with Crippen LogP contribution in [-0.2, 0) is 0 Å². The fraction of sp³-hybridized carbons (Fsp3) is 0.0588. The number of para-hydroxylation sites is 1. The van der Waals surface area contributed by atoms with E-state index in [0.29, 0.717) is 5.56 Å². The Morgan fingerprint density at radius 2 is 1.95 bits per heavy atom. The minimum Gasteiger partial charge on any atom is -0.319 e. The number of amides is 1. The zero-order valence-electron chi connectivity index (χ0n) is 11.7. The minimum atomic E-state index is -0.573. The molecule has 3 aromatic rings. The molecule has 1 N–H and O–H groups in total. The van der Waals surface area contributed by atoms with Crippen LogP contribution in [0.4, 0.5) is 10.1 Å². The predicted octanol–water partition coefficient (Wildman–Crippen LogP) is 4.59. The number of aromatic nitrogens is 1. The number of carbonyl (C=O) groups excluding carboxylic acids is 1. The first-order valence-corrected chi connectivity index (χ1v) is 7.05. The molecule has 22 heavy (non-hydrogen) atoms. The summed E-state index contributed by atoms with van der Waals surface area (Å²) in [5.74, 6) is -0.959. The Labute approximate surface area is 131 Å². The number of fused-ring (bicyclic) bond motifs is 1. The van der Waals surface area contributed by atoms with Crippen LogP contribution in [0.25, 0.3) is 10.9 Å². The lowest BCUT2D eigenvalue weighted by Gasteiger charge is -2.10. The molecule has 0 spiro atoms. The highest BCUT2D eigenvalue weighted by molar-refractivity contribution is 6.30. The van der Waals surface area contributed by atoms with Crippen molar-refractivity contribution >= 4 is 34.1 Å². The molecule has 1 aromatic heterocycles. The molecule has 0 aliphatic rings.